The molecule has 27 heavy (non-hydrogen) atoms. The second-order valence-electron chi connectivity index (χ2n) is 6.38. The molecule has 7 nitrogen and oxygen atoms in total. The highest BCUT2D eigenvalue weighted by Gasteiger charge is 2.12. The van der Waals surface area contributed by atoms with Crippen molar-refractivity contribution in [2.45, 2.75) is 27.7 Å². The molecule has 2 rings (SSSR count). The first kappa shape index (κ1) is 20.4. The minimum Gasteiger partial charge on any atom is -0.383 e. The Kier molecular flexibility index (Phi) is 6.90. The minimum atomic E-state index is -0.815. The van der Waals surface area contributed by atoms with E-state index in [0.29, 0.717) is 6.61 Å². The summed E-state index contributed by atoms with van der Waals surface area (Å²) in [5.74, 6) is -1.56. The normalized spacial score (nSPS) is 11.0. The third-order valence-corrected chi connectivity index (χ3v) is 4.39. The minimum absolute atomic E-state index is 0.267. The Hall–Kier alpha value is -2.93. The number of hydrogen-bond donors (Lipinski definition) is 2. The molecule has 1 aromatic heterocycles. The average Bonchev–Trinajstić information content (AvgIpc) is 2.91. The maximum atomic E-state index is 11.7. The quantitative estimate of drug-likeness (QED) is 0.353. The van der Waals surface area contributed by atoms with E-state index in [1.165, 1.54) is 18.2 Å². The zero-order valence-corrected chi connectivity index (χ0v) is 16.4. The smallest absolute Gasteiger partial charge is 0.329 e. The summed E-state index contributed by atoms with van der Waals surface area (Å²) in [4.78, 5) is 23.3. The lowest BCUT2D eigenvalue weighted by Gasteiger charge is -2.11. The van der Waals surface area contributed by atoms with E-state index in [1.807, 2.05) is 19.9 Å². The topological polar surface area (TPSA) is 84.7 Å². The van der Waals surface area contributed by atoms with Gasteiger partial charge in [0.2, 0.25) is 0 Å². The Morgan fingerprint density at radius 1 is 1.11 bits per heavy atom. The van der Waals surface area contributed by atoms with Gasteiger partial charge in [0.05, 0.1) is 12.8 Å². The summed E-state index contributed by atoms with van der Waals surface area (Å²) in [6.07, 6.45) is 1.54. The first-order chi connectivity index (χ1) is 12.8. The van der Waals surface area contributed by atoms with Crippen molar-refractivity contribution in [3.05, 3.63) is 52.3 Å². The largest absolute Gasteiger partial charge is 0.383 e. The maximum Gasteiger partial charge on any atom is 0.329 e. The van der Waals surface area contributed by atoms with Gasteiger partial charge in [-0.15, -0.1) is 0 Å². The zero-order valence-electron chi connectivity index (χ0n) is 16.4. The van der Waals surface area contributed by atoms with Crippen LogP contribution in [-0.2, 0) is 14.3 Å². The molecule has 0 atom stereocenters. The third-order valence-electron chi connectivity index (χ3n) is 4.39. The Balaban J connectivity index is 2.10. The van der Waals surface area contributed by atoms with Gasteiger partial charge in [-0.2, -0.15) is 5.10 Å². The Labute approximate surface area is 159 Å². The summed E-state index contributed by atoms with van der Waals surface area (Å²) in [5.41, 5.74) is 8.71. The fourth-order valence-corrected chi connectivity index (χ4v) is 2.74. The van der Waals surface area contributed by atoms with E-state index >= 15 is 0 Å². The molecule has 0 saturated carbocycles. The molecule has 0 aliphatic heterocycles. The zero-order chi connectivity index (χ0) is 20.0. The Morgan fingerprint density at radius 3 is 2.52 bits per heavy atom. The number of hydrazone groups is 1. The van der Waals surface area contributed by atoms with Crippen LogP contribution in [0, 0.1) is 27.7 Å². The third kappa shape index (κ3) is 5.04. The van der Waals surface area contributed by atoms with E-state index in [1.54, 1.807) is 6.21 Å². The van der Waals surface area contributed by atoms with Gasteiger partial charge in [-0.1, -0.05) is 6.07 Å². The molecular weight excluding hydrogens is 344 g/mol. The predicted molar refractivity (Wildman–Crippen MR) is 105 cm³/mol. The number of nitrogens with zero attached hydrogens (tertiary/aromatic N) is 2. The highest BCUT2D eigenvalue weighted by Crippen LogP contribution is 2.21. The number of carbonyl (C=O) groups excluding carboxylic acids is 2. The molecule has 0 saturated heterocycles. The van der Waals surface area contributed by atoms with E-state index in [0.717, 1.165) is 22.6 Å². The number of methoxy groups -OCH3 is 1. The van der Waals surface area contributed by atoms with Gasteiger partial charge in [-0.25, -0.2) is 5.43 Å². The monoisotopic (exact) mass is 370 g/mol. The fourth-order valence-electron chi connectivity index (χ4n) is 2.74. The Bertz CT molecular complexity index is 868. The molecule has 0 radical (unpaired) electrons. The molecule has 2 N–H and O–H groups in total. The van der Waals surface area contributed by atoms with Gasteiger partial charge in [0.1, 0.15) is 0 Å². The molecule has 2 aromatic rings. The van der Waals surface area contributed by atoms with Crippen LogP contribution in [-0.4, -0.2) is 42.9 Å². The average molecular weight is 370 g/mol. The molecule has 0 aliphatic rings. The molecule has 0 spiro atoms. The number of carbonyl (C=O) groups is 2. The highest BCUT2D eigenvalue weighted by atomic mass is 16.5. The van der Waals surface area contributed by atoms with E-state index in [4.69, 9.17) is 4.74 Å². The van der Waals surface area contributed by atoms with Gasteiger partial charge in [0.15, 0.2) is 0 Å². The Morgan fingerprint density at radius 2 is 1.85 bits per heavy atom. The number of aromatic nitrogens is 1. The molecule has 7 heteroatoms. The van der Waals surface area contributed by atoms with Crippen molar-refractivity contribution in [3.63, 3.8) is 0 Å². The van der Waals surface area contributed by atoms with Crippen molar-refractivity contribution >= 4 is 18.0 Å². The first-order valence-electron chi connectivity index (χ1n) is 8.72. The second-order valence-corrected chi connectivity index (χ2v) is 6.38. The number of rotatable bonds is 6. The van der Waals surface area contributed by atoms with Crippen molar-refractivity contribution in [2.24, 2.45) is 5.10 Å². The van der Waals surface area contributed by atoms with E-state index in [9.17, 15) is 9.59 Å². The van der Waals surface area contributed by atoms with Crippen LogP contribution in [0.15, 0.2) is 29.4 Å². The number of benzene rings is 1. The van der Waals surface area contributed by atoms with Crippen LogP contribution in [0.25, 0.3) is 5.69 Å². The summed E-state index contributed by atoms with van der Waals surface area (Å²) in [5, 5.41) is 6.34. The van der Waals surface area contributed by atoms with E-state index in [2.05, 4.69) is 52.5 Å². The summed E-state index contributed by atoms with van der Waals surface area (Å²) in [6.45, 7) is 8.78. The van der Waals surface area contributed by atoms with E-state index < -0.39 is 11.8 Å². The summed E-state index contributed by atoms with van der Waals surface area (Å²) in [6, 6.07) is 8.30. The fraction of sp³-hybridized carbons (Fsp3) is 0.350. The summed E-state index contributed by atoms with van der Waals surface area (Å²) < 4.78 is 6.94. The lowest BCUT2D eigenvalue weighted by atomic mass is 10.1. The first-order valence-corrected chi connectivity index (χ1v) is 8.72. The van der Waals surface area contributed by atoms with Crippen molar-refractivity contribution in [1.82, 2.24) is 15.3 Å². The van der Waals surface area contributed by atoms with E-state index in [-0.39, 0.29) is 6.54 Å². The summed E-state index contributed by atoms with van der Waals surface area (Å²) >= 11 is 0. The van der Waals surface area contributed by atoms with Gasteiger partial charge >= 0.3 is 11.8 Å². The van der Waals surface area contributed by atoms with Crippen LogP contribution in [0.5, 0.6) is 0 Å². The summed E-state index contributed by atoms with van der Waals surface area (Å²) in [7, 11) is 1.52. The van der Waals surface area contributed by atoms with Crippen LogP contribution < -0.4 is 10.7 Å². The molecule has 1 heterocycles. The molecule has 0 bridgehead atoms. The molecular formula is C20H26N4O3. The molecule has 0 aliphatic carbocycles. The van der Waals surface area contributed by atoms with Crippen molar-refractivity contribution in [2.75, 3.05) is 20.3 Å². The van der Waals surface area contributed by atoms with Crippen molar-refractivity contribution in [3.8, 4) is 5.69 Å². The van der Waals surface area contributed by atoms with Crippen LogP contribution in [0.1, 0.15) is 28.1 Å². The van der Waals surface area contributed by atoms with Gasteiger partial charge in [0, 0.05) is 36.3 Å². The van der Waals surface area contributed by atoms with Gasteiger partial charge in [-0.3, -0.25) is 9.59 Å². The van der Waals surface area contributed by atoms with Crippen LogP contribution in [0.3, 0.4) is 0 Å². The van der Waals surface area contributed by atoms with Gasteiger partial charge in [-0.05, 0) is 57.0 Å². The van der Waals surface area contributed by atoms with Gasteiger partial charge < -0.3 is 14.6 Å². The van der Waals surface area contributed by atoms with Crippen molar-refractivity contribution < 1.29 is 14.3 Å². The molecule has 1 aromatic carbocycles. The SMILES string of the molecule is COCCNC(=O)C(=O)N/N=C\c1cc(C)n(-c2ccc(C)c(C)c2)c1C. The number of amides is 2. The number of nitrogens with one attached hydrogen (secondary N) is 2. The maximum absolute atomic E-state index is 11.7. The standard InChI is InChI=1S/C20H26N4O3/c1-13-6-7-18(10-14(13)2)24-15(3)11-17(16(24)4)12-22-23-20(26)19(25)21-8-9-27-5/h6-7,10-12H,8-9H2,1-5H3,(H,21,25)(H,23,26)/b22-12-. The van der Waals surface area contributed by atoms with Gasteiger partial charge in [0.25, 0.3) is 0 Å². The number of ether oxygens (including phenoxy) is 1. The number of aryl methyl sites for hydroxylation is 3. The lowest BCUT2D eigenvalue weighted by molar-refractivity contribution is -0.139. The van der Waals surface area contributed by atoms with Crippen LogP contribution in [0.2, 0.25) is 0 Å². The molecule has 0 fully saturated rings. The highest BCUT2D eigenvalue weighted by molar-refractivity contribution is 6.35. The van der Waals surface area contributed by atoms with Crippen LogP contribution in [0.4, 0.5) is 0 Å². The second kappa shape index (κ2) is 9.14. The molecule has 0 unspecified atom stereocenters. The molecule has 2 amide bonds. The number of hydrogen-bond acceptors (Lipinski definition) is 4. The predicted octanol–water partition coefficient (Wildman–Crippen LogP) is 1.92. The lowest BCUT2D eigenvalue weighted by Crippen LogP contribution is -2.39. The van der Waals surface area contributed by atoms with Crippen molar-refractivity contribution in [1.29, 1.82) is 0 Å². The van der Waals surface area contributed by atoms with Crippen LogP contribution >= 0.6 is 0 Å². The molecule has 144 valence electrons.